The molecular formula is C15H19NO4. The van der Waals surface area contributed by atoms with Crippen LogP contribution in [0.5, 0.6) is 5.75 Å². The third kappa shape index (κ3) is 3.29. The minimum atomic E-state index is -0.815. The summed E-state index contributed by atoms with van der Waals surface area (Å²) in [5, 5.41) is 8.93. The first-order chi connectivity index (χ1) is 9.61. The van der Waals surface area contributed by atoms with Gasteiger partial charge in [0.15, 0.2) is 0 Å². The Morgan fingerprint density at radius 2 is 2.15 bits per heavy atom. The van der Waals surface area contributed by atoms with Crippen LogP contribution in [-0.4, -0.2) is 42.1 Å². The molecule has 2 rings (SSSR count). The Labute approximate surface area is 118 Å². The van der Waals surface area contributed by atoms with Crippen LogP contribution in [0.25, 0.3) is 0 Å². The van der Waals surface area contributed by atoms with Crippen molar-refractivity contribution in [3.05, 3.63) is 29.8 Å². The number of carbonyl (C=O) groups excluding carboxylic acids is 1. The molecule has 1 aliphatic heterocycles. The highest BCUT2D eigenvalue weighted by atomic mass is 16.5. The molecule has 1 aromatic rings. The number of amides is 1. The minimum Gasteiger partial charge on any atom is -0.496 e. The van der Waals surface area contributed by atoms with Crippen LogP contribution in [0.4, 0.5) is 0 Å². The van der Waals surface area contributed by atoms with Gasteiger partial charge >= 0.3 is 5.97 Å². The quantitative estimate of drug-likeness (QED) is 0.887. The molecule has 0 radical (unpaired) electrons. The van der Waals surface area contributed by atoms with E-state index in [9.17, 15) is 9.59 Å². The number of likely N-dealkylation sites (tertiary alicyclic amines) is 1. The van der Waals surface area contributed by atoms with Crippen molar-refractivity contribution in [2.45, 2.75) is 19.3 Å². The van der Waals surface area contributed by atoms with Gasteiger partial charge in [-0.2, -0.15) is 0 Å². The molecule has 1 atom stereocenters. The number of rotatable bonds is 5. The van der Waals surface area contributed by atoms with Crippen molar-refractivity contribution in [3.8, 4) is 5.75 Å². The number of benzene rings is 1. The second-order valence-corrected chi connectivity index (χ2v) is 4.98. The van der Waals surface area contributed by atoms with E-state index in [1.54, 1.807) is 12.0 Å². The van der Waals surface area contributed by atoms with Gasteiger partial charge in [0.25, 0.3) is 0 Å². The van der Waals surface area contributed by atoms with Gasteiger partial charge in [-0.25, -0.2) is 0 Å². The number of aryl methyl sites for hydroxylation is 1. The molecule has 20 heavy (non-hydrogen) atoms. The number of nitrogens with zero attached hydrogens (tertiary/aromatic N) is 1. The number of carbonyl (C=O) groups is 2. The van der Waals surface area contributed by atoms with E-state index in [0.29, 0.717) is 32.4 Å². The number of hydrogen-bond acceptors (Lipinski definition) is 3. The van der Waals surface area contributed by atoms with Crippen LogP contribution in [0, 0.1) is 5.92 Å². The molecule has 1 aliphatic rings. The van der Waals surface area contributed by atoms with Crippen LogP contribution >= 0.6 is 0 Å². The summed E-state index contributed by atoms with van der Waals surface area (Å²) >= 11 is 0. The predicted octanol–water partition coefficient (Wildman–Crippen LogP) is 1.56. The van der Waals surface area contributed by atoms with Crippen molar-refractivity contribution in [1.29, 1.82) is 0 Å². The van der Waals surface area contributed by atoms with E-state index in [1.165, 1.54) is 0 Å². The lowest BCUT2D eigenvalue weighted by Crippen LogP contribution is -2.30. The van der Waals surface area contributed by atoms with E-state index >= 15 is 0 Å². The monoisotopic (exact) mass is 277 g/mol. The molecule has 1 fully saturated rings. The Morgan fingerprint density at radius 1 is 1.40 bits per heavy atom. The zero-order valence-electron chi connectivity index (χ0n) is 11.5. The molecule has 1 amide bonds. The SMILES string of the molecule is COc1ccccc1CCC(=O)N1CC[C@@H](C(=O)O)C1. The zero-order valence-corrected chi connectivity index (χ0v) is 11.5. The zero-order chi connectivity index (χ0) is 14.5. The standard InChI is InChI=1S/C15H19NO4/c1-20-13-5-3-2-4-11(13)6-7-14(17)16-9-8-12(10-16)15(18)19/h2-5,12H,6-10H2,1H3,(H,18,19)/t12-/m1/s1. The first kappa shape index (κ1) is 14.4. The minimum absolute atomic E-state index is 0.0136. The second-order valence-electron chi connectivity index (χ2n) is 4.98. The molecule has 0 aromatic heterocycles. The van der Waals surface area contributed by atoms with Crippen LogP contribution in [0.3, 0.4) is 0 Å². The fourth-order valence-electron chi connectivity index (χ4n) is 2.50. The topological polar surface area (TPSA) is 66.8 Å². The Hall–Kier alpha value is -2.04. The molecule has 0 bridgehead atoms. The maximum atomic E-state index is 12.1. The highest BCUT2D eigenvalue weighted by molar-refractivity contribution is 5.79. The van der Waals surface area contributed by atoms with Gasteiger partial charge in [-0.15, -0.1) is 0 Å². The summed E-state index contributed by atoms with van der Waals surface area (Å²) in [5.74, 6) is -0.431. The second kappa shape index (κ2) is 6.41. The Bertz CT molecular complexity index is 500. The first-order valence-electron chi connectivity index (χ1n) is 6.74. The van der Waals surface area contributed by atoms with E-state index in [-0.39, 0.29) is 5.91 Å². The number of carboxylic acid groups (broad SMARTS) is 1. The average molecular weight is 277 g/mol. The van der Waals surface area contributed by atoms with Gasteiger partial charge in [0.2, 0.25) is 5.91 Å². The lowest BCUT2D eigenvalue weighted by molar-refractivity contribution is -0.141. The number of hydrogen-bond donors (Lipinski definition) is 1. The molecule has 0 unspecified atom stereocenters. The third-order valence-corrected chi connectivity index (χ3v) is 3.69. The van der Waals surface area contributed by atoms with Gasteiger partial charge in [-0.3, -0.25) is 9.59 Å². The molecule has 1 N–H and O–H groups in total. The Morgan fingerprint density at radius 3 is 2.80 bits per heavy atom. The lowest BCUT2D eigenvalue weighted by Gasteiger charge is -2.16. The van der Waals surface area contributed by atoms with Gasteiger partial charge in [-0.1, -0.05) is 18.2 Å². The van der Waals surface area contributed by atoms with Gasteiger partial charge in [0.05, 0.1) is 13.0 Å². The molecule has 5 nitrogen and oxygen atoms in total. The number of carboxylic acids is 1. The van der Waals surface area contributed by atoms with Gasteiger partial charge in [-0.05, 0) is 24.5 Å². The fraction of sp³-hybridized carbons (Fsp3) is 0.467. The van der Waals surface area contributed by atoms with Crippen molar-refractivity contribution in [2.24, 2.45) is 5.92 Å². The summed E-state index contributed by atoms with van der Waals surface area (Å²) < 4.78 is 5.25. The summed E-state index contributed by atoms with van der Waals surface area (Å²) in [6.07, 6.45) is 1.54. The summed E-state index contributed by atoms with van der Waals surface area (Å²) in [7, 11) is 1.61. The smallest absolute Gasteiger partial charge is 0.308 e. The van der Waals surface area contributed by atoms with E-state index in [4.69, 9.17) is 9.84 Å². The van der Waals surface area contributed by atoms with Gasteiger partial charge < -0.3 is 14.7 Å². The third-order valence-electron chi connectivity index (χ3n) is 3.69. The van der Waals surface area contributed by atoms with Crippen LogP contribution in [0.1, 0.15) is 18.4 Å². The molecule has 1 saturated heterocycles. The number of methoxy groups -OCH3 is 1. The van der Waals surface area contributed by atoms with E-state index < -0.39 is 11.9 Å². The highest BCUT2D eigenvalue weighted by Crippen LogP contribution is 2.21. The molecule has 1 heterocycles. The van der Waals surface area contributed by atoms with Crippen molar-refractivity contribution in [2.75, 3.05) is 20.2 Å². The Balaban J connectivity index is 1.88. The maximum Gasteiger partial charge on any atom is 0.308 e. The normalized spacial score (nSPS) is 18.1. The van der Waals surface area contributed by atoms with Crippen molar-refractivity contribution in [1.82, 2.24) is 4.90 Å². The van der Waals surface area contributed by atoms with E-state index in [0.717, 1.165) is 11.3 Å². The number of aliphatic carboxylic acids is 1. The largest absolute Gasteiger partial charge is 0.496 e. The summed E-state index contributed by atoms with van der Waals surface area (Å²) in [4.78, 5) is 24.6. The van der Waals surface area contributed by atoms with Crippen LogP contribution in [-0.2, 0) is 16.0 Å². The molecule has 5 heteroatoms. The molecule has 0 spiro atoms. The summed E-state index contributed by atoms with van der Waals surface area (Å²) in [6, 6.07) is 7.62. The summed E-state index contributed by atoms with van der Waals surface area (Å²) in [6.45, 7) is 0.877. The van der Waals surface area contributed by atoms with Crippen molar-refractivity contribution in [3.63, 3.8) is 0 Å². The lowest BCUT2D eigenvalue weighted by atomic mass is 10.1. The van der Waals surface area contributed by atoms with E-state index in [1.807, 2.05) is 24.3 Å². The van der Waals surface area contributed by atoms with Gasteiger partial charge in [0, 0.05) is 19.5 Å². The van der Waals surface area contributed by atoms with Crippen LogP contribution in [0.2, 0.25) is 0 Å². The molecule has 1 aromatic carbocycles. The van der Waals surface area contributed by atoms with Crippen molar-refractivity contribution >= 4 is 11.9 Å². The predicted molar refractivity (Wildman–Crippen MR) is 73.6 cm³/mol. The van der Waals surface area contributed by atoms with Gasteiger partial charge in [0.1, 0.15) is 5.75 Å². The summed E-state index contributed by atoms with van der Waals surface area (Å²) in [5.41, 5.74) is 0.998. The fourth-order valence-corrected chi connectivity index (χ4v) is 2.50. The molecule has 108 valence electrons. The number of ether oxygens (including phenoxy) is 1. The highest BCUT2D eigenvalue weighted by Gasteiger charge is 2.30. The molecule has 0 saturated carbocycles. The first-order valence-corrected chi connectivity index (χ1v) is 6.74. The average Bonchev–Trinajstić information content (AvgIpc) is 2.95. The molecular weight excluding hydrogens is 258 g/mol. The number of para-hydroxylation sites is 1. The molecule has 0 aliphatic carbocycles. The van der Waals surface area contributed by atoms with E-state index in [2.05, 4.69) is 0 Å². The Kier molecular flexibility index (Phi) is 4.61. The van der Waals surface area contributed by atoms with Crippen LogP contribution in [0.15, 0.2) is 24.3 Å². The maximum absolute atomic E-state index is 12.1. The van der Waals surface area contributed by atoms with Crippen LogP contribution < -0.4 is 4.74 Å². The van der Waals surface area contributed by atoms with Crippen molar-refractivity contribution < 1.29 is 19.4 Å².